The van der Waals surface area contributed by atoms with Gasteiger partial charge in [0.25, 0.3) is 0 Å². The summed E-state index contributed by atoms with van der Waals surface area (Å²) in [7, 11) is 3.37. The normalized spacial score (nSPS) is 12.4. The van der Waals surface area contributed by atoms with Gasteiger partial charge in [-0.25, -0.2) is 4.39 Å². The van der Waals surface area contributed by atoms with Gasteiger partial charge in [-0.3, -0.25) is 0 Å². The highest BCUT2D eigenvalue weighted by molar-refractivity contribution is 7.08. The molecule has 2 rings (SSSR count). The molecule has 4 heteroatoms. The second kappa shape index (κ2) is 5.50. The van der Waals surface area contributed by atoms with Crippen LogP contribution in [0.2, 0.25) is 0 Å². The zero-order valence-electron chi connectivity index (χ0n) is 10.7. The van der Waals surface area contributed by atoms with Gasteiger partial charge in [0.05, 0.1) is 13.2 Å². The quantitative estimate of drug-likeness (QED) is 0.913. The smallest absolute Gasteiger partial charge is 0.132 e. The Morgan fingerprint density at radius 3 is 2.56 bits per heavy atom. The van der Waals surface area contributed by atoms with Crippen LogP contribution in [0.3, 0.4) is 0 Å². The molecule has 0 saturated heterocycles. The first kappa shape index (κ1) is 13.1. The van der Waals surface area contributed by atoms with Gasteiger partial charge >= 0.3 is 0 Å². The van der Waals surface area contributed by atoms with Gasteiger partial charge in [0.1, 0.15) is 11.6 Å². The second-order valence-electron chi connectivity index (χ2n) is 4.12. The highest BCUT2D eigenvalue weighted by atomic mass is 32.1. The molecule has 1 atom stereocenters. The Hall–Kier alpha value is -1.39. The molecular formula is C14H16FNOS. The fourth-order valence-electron chi connectivity index (χ4n) is 2.01. The van der Waals surface area contributed by atoms with Crippen LogP contribution in [0.4, 0.5) is 4.39 Å². The largest absolute Gasteiger partial charge is 0.497 e. The lowest BCUT2D eigenvalue weighted by molar-refractivity contribution is 0.410. The lowest BCUT2D eigenvalue weighted by atomic mass is 9.98. The van der Waals surface area contributed by atoms with Crippen molar-refractivity contribution in [3.63, 3.8) is 0 Å². The summed E-state index contributed by atoms with van der Waals surface area (Å²) in [6.45, 7) is 2.04. The third kappa shape index (κ3) is 2.40. The number of benzene rings is 1. The predicted octanol–water partition coefficient (Wildman–Crippen LogP) is 3.51. The molecule has 0 bridgehead atoms. The summed E-state index contributed by atoms with van der Waals surface area (Å²) >= 11 is 1.63. The number of aryl methyl sites for hydroxylation is 1. The van der Waals surface area contributed by atoms with E-state index in [1.165, 1.54) is 18.7 Å². The van der Waals surface area contributed by atoms with Crippen LogP contribution in [0.15, 0.2) is 29.0 Å². The Morgan fingerprint density at radius 1 is 1.28 bits per heavy atom. The van der Waals surface area contributed by atoms with Crippen LogP contribution in [0, 0.1) is 12.7 Å². The Balaban J connectivity index is 2.42. The van der Waals surface area contributed by atoms with Crippen molar-refractivity contribution in [3.05, 3.63) is 51.5 Å². The van der Waals surface area contributed by atoms with Crippen LogP contribution >= 0.6 is 11.3 Å². The molecule has 0 amide bonds. The topological polar surface area (TPSA) is 21.3 Å². The Morgan fingerprint density at radius 2 is 2.06 bits per heavy atom. The van der Waals surface area contributed by atoms with Crippen molar-refractivity contribution in [1.29, 1.82) is 0 Å². The van der Waals surface area contributed by atoms with E-state index in [0.29, 0.717) is 11.3 Å². The summed E-state index contributed by atoms with van der Waals surface area (Å²) in [4.78, 5) is 0. The maximum atomic E-state index is 14.1. The monoisotopic (exact) mass is 265 g/mol. The molecule has 1 aromatic carbocycles. The molecule has 1 heterocycles. The summed E-state index contributed by atoms with van der Waals surface area (Å²) in [6.07, 6.45) is 0. The van der Waals surface area contributed by atoms with Crippen molar-refractivity contribution in [1.82, 2.24) is 5.32 Å². The number of rotatable bonds is 4. The molecular weight excluding hydrogens is 249 g/mol. The third-order valence-electron chi connectivity index (χ3n) is 3.01. The van der Waals surface area contributed by atoms with Gasteiger partial charge in [0.2, 0.25) is 0 Å². The van der Waals surface area contributed by atoms with E-state index in [4.69, 9.17) is 4.74 Å². The van der Waals surface area contributed by atoms with Gasteiger partial charge < -0.3 is 10.1 Å². The lowest BCUT2D eigenvalue weighted by Gasteiger charge is -2.18. The Bertz CT molecular complexity index is 538. The first-order valence-corrected chi connectivity index (χ1v) is 6.65. The summed E-state index contributed by atoms with van der Waals surface area (Å²) in [5, 5.41) is 7.29. The molecule has 0 fully saturated rings. The van der Waals surface area contributed by atoms with E-state index >= 15 is 0 Å². The van der Waals surface area contributed by atoms with Crippen LogP contribution in [-0.4, -0.2) is 14.2 Å². The number of ether oxygens (including phenoxy) is 1. The average Bonchev–Trinajstić information content (AvgIpc) is 2.78. The summed E-state index contributed by atoms with van der Waals surface area (Å²) in [5.74, 6) is 0.285. The fraction of sp³-hybridized carbons (Fsp3) is 0.286. The van der Waals surface area contributed by atoms with E-state index in [9.17, 15) is 4.39 Å². The van der Waals surface area contributed by atoms with Crippen molar-refractivity contribution < 1.29 is 9.13 Å². The minimum absolute atomic E-state index is 0.123. The minimum Gasteiger partial charge on any atom is -0.497 e. The van der Waals surface area contributed by atoms with Crippen molar-refractivity contribution in [2.45, 2.75) is 13.0 Å². The number of hydrogen-bond donors (Lipinski definition) is 1. The van der Waals surface area contributed by atoms with Gasteiger partial charge in [-0.05, 0) is 41.9 Å². The minimum atomic E-state index is -0.251. The molecule has 0 aliphatic rings. The number of halogens is 1. The van der Waals surface area contributed by atoms with Crippen LogP contribution in [-0.2, 0) is 0 Å². The van der Waals surface area contributed by atoms with Crippen molar-refractivity contribution in [3.8, 4) is 5.75 Å². The van der Waals surface area contributed by atoms with E-state index in [1.807, 2.05) is 14.0 Å². The number of thiophene rings is 1. The van der Waals surface area contributed by atoms with Crippen LogP contribution < -0.4 is 10.1 Å². The van der Waals surface area contributed by atoms with Crippen molar-refractivity contribution in [2.75, 3.05) is 14.2 Å². The summed E-state index contributed by atoms with van der Waals surface area (Å²) < 4.78 is 19.1. The number of hydrogen-bond acceptors (Lipinski definition) is 3. The Labute approximate surface area is 110 Å². The number of methoxy groups -OCH3 is 1. The lowest BCUT2D eigenvalue weighted by Crippen LogP contribution is -2.19. The van der Waals surface area contributed by atoms with Gasteiger partial charge in [-0.1, -0.05) is 6.07 Å². The van der Waals surface area contributed by atoms with Crippen molar-refractivity contribution in [2.24, 2.45) is 0 Å². The van der Waals surface area contributed by atoms with Crippen LogP contribution in [0.25, 0.3) is 0 Å². The highest BCUT2D eigenvalue weighted by Gasteiger charge is 2.18. The maximum absolute atomic E-state index is 14.1. The van der Waals surface area contributed by atoms with E-state index in [0.717, 1.165) is 5.56 Å². The van der Waals surface area contributed by atoms with E-state index in [2.05, 4.69) is 16.1 Å². The molecule has 0 saturated carbocycles. The first-order valence-electron chi connectivity index (χ1n) is 5.70. The predicted molar refractivity (Wildman–Crippen MR) is 72.9 cm³/mol. The van der Waals surface area contributed by atoms with Gasteiger partial charge in [0.15, 0.2) is 0 Å². The van der Waals surface area contributed by atoms with E-state index in [-0.39, 0.29) is 11.9 Å². The zero-order chi connectivity index (χ0) is 13.1. The zero-order valence-corrected chi connectivity index (χ0v) is 11.5. The van der Waals surface area contributed by atoms with E-state index < -0.39 is 0 Å². The molecule has 1 unspecified atom stereocenters. The average molecular weight is 265 g/mol. The third-order valence-corrected chi connectivity index (χ3v) is 3.89. The molecule has 0 aliphatic heterocycles. The first-order chi connectivity index (χ1) is 8.67. The molecule has 0 radical (unpaired) electrons. The standard InChI is InChI=1S/C14H16FNOS/c1-9-7-18-8-12(9)14(16-2)11-5-4-10(17-3)6-13(11)15/h4-8,14,16H,1-3H3. The molecule has 0 aliphatic carbocycles. The van der Waals surface area contributed by atoms with E-state index in [1.54, 1.807) is 23.5 Å². The second-order valence-corrected chi connectivity index (χ2v) is 4.86. The summed E-state index contributed by atoms with van der Waals surface area (Å²) in [5.41, 5.74) is 2.93. The number of nitrogens with one attached hydrogen (secondary N) is 1. The molecule has 1 N–H and O–H groups in total. The maximum Gasteiger partial charge on any atom is 0.132 e. The van der Waals surface area contributed by atoms with Crippen molar-refractivity contribution >= 4 is 11.3 Å². The molecule has 2 nitrogen and oxygen atoms in total. The Kier molecular flexibility index (Phi) is 3.99. The molecule has 96 valence electrons. The molecule has 0 spiro atoms. The SMILES string of the molecule is CNC(c1cscc1C)c1ccc(OC)cc1F. The van der Waals surface area contributed by atoms with Gasteiger partial charge in [0, 0.05) is 11.6 Å². The summed E-state index contributed by atoms with van der Waals surface area (Å²) in [6, 6.07) is 4.85. The van der Waals surface area contributed by atoms with Crippen LogP contribution in [0.1, 0.15) is 22.7 Å². The van der Waals surface area contributed by atoms with Gasteiger partial charge in [-0.15, -0.1) is 0 Å². The fourth-order valence-corrected chi connectivity index (χ4v) is 2.89. The van der Waals surface area contributed by atoms with Gasteiger partial charge in [-0.2, -0.15) is 11.3 Å². The highest BCUT2D eigenvalue weighted by Crippen LogP contribution is 2.30. The molecule has 2 aromatic rings. The molecule has 1 aromatic heterocycles. The molecule has 18 heavy (non-hydrogen) atoms. The van der Waals surface area contributed by atoms with Crippen LogP contribution in [0.5, 0.6) is 5.75 Å².